The van der Waals surface area contributed by atoms with Crippen molar-refractivity contribution in [2.75, 3.05) is 5.73 Å². The summed E-state index contributed by atoms with van der Waals surface area (Å²) in [5.41, 5.74) is 8.93. The molecule has 0 bridgehead atoms. The quantitative estimate of drug-likeness (QED) is 0.843. The summed E-state index contributed by atoms with van der Waals surface area (Å²) in [5.74, 6) is 0.386. The topological polar surface area (TPSA) is 72.2 Å². The number of hydrogen-bond acceptors (Lipinski definition) is 3. The maximum atomic E-state index is 12.8. The molecule has 4 nitrogen and oxygen atoms in total. The zero-order chi connectivity index (χ0) is 15.8. The van der Waals surface area contributed by atoms with Crippen LogP contribution in [-0.2, 0) is 10.0 Å². The van der Waals surface area contributed by atoms with Crippen molar-refractivity contribution >= 4 is 15.7 Å². The smallest absolute Gasteiger partial charge is 0.241 e. The second kappa shape index (κ2) is 5.97. The van der Waals surface area contributed by atoms with Crippen LogP contribution < -0.4 is 10.5 Å². The van der Waals surface area contributed by atoms with Gasteiger partial charge < -0.3 is 5.73 Å². The highest BCUT2D eigenvalue weighted by Crippen LogP contribution is 2.30. The molecule has 5 heteroatoms. The molecule has 1 fully saturated rings. The fourth-order valence-corrected chi connectivity index (χ4v) is 5.21. The van der Waals surface area contributed by atoms with Gasteiger partial charge in [-0.1, -0.05) is 25.8 Å². The van der Waals surface area contributed by atoms with Crippen molar-refractivity contribution in [3.8, 4) is 0 Å². The lowest BCUT2D eigenvalue weighted by Gasteiger charge is -2.30. The largest absolute Gasteiger partial charge is 0.398 e. The molecule has 1 aliphatic carbocycles. The zero-order valence-electron chi connectivity index (χ0n) is 13.4. The van der Waals surface area contributed by atoms with Crippen LogP contribution in [0.25, 0.3) is 0 Å². The molecular weight excluding hydrogens is 284 g/mol. The Labute approximate surface area is 128 Å². The normalized spacial score (nSPS) is 23.2. The number of anilines is 1. The fourth-order valence-electron chi connectivity index (χ4n) is 3.34. The summed E-state index contributed by atoms with van der Waals surface area (Å²) in [6.07, 6.45) is 4.28. The first-order valence-corrected chi connectivity index (χ1v) is 9.11. The molecule has 118 valence electrons. The van der Waals surface area contributed by atoms with Gasteiger partial charge in [-0.05, 0) is 56.2 Å². The second-order valence-corrected chi connectivity index (χ2v) is 8.02. The predicted molar refractivity (Wildman–Crippen MR) is 86.8 cm³/mol. The maximum Gasteiger partial charge on any atom is 0.241 e. The SMILES string of the molecule is Cc1cc(C)c(S(=O)(=O)NC2CCCCC2C)c(C)c1N. The lowest BCUT2D eigenvalue weighted by molar-refractivity contribution is 0.310. The van der Waals surface area contributed by atoms with E-state index in [1.807, 2.05) is 19.9 Å². The molecule has 0 heterocycles. The Morgan fingerprint density at radius 1 is 1.14 bits per heavy atom. The second-order valence-electron chi connectivity index (χ2n) is 6.37. The minimum atomic E-state index is -3.52. The van der Waals surface area contributed by atoms with E-state index in [0.717, 1.165) is 30.4 Å². The molecule has 0 spiro atoms. The Morgan fingerprint density at radius 2 is 1.76 bits per heavy atom. The van der Waals surface area contributed by atoms with E-state index in [9.17, 15) is 8.42 Å². The molecule has 2 unspecified atom stereocenters. The van der Waals surface area contributed by atoms with Crippen LogP contribution in [0.1, 0.15) is 49.3 Å². The average Bonchev–Trinajstić information content (AvgIpc) is 2.38. The van der Waals surface area contributed by atoms with Crippen LogP contribution in [0, 0.1) is 26.7 Å². The summed E-state index contributed by atoms with van der Waals surface area (Å²) in [7, 11) is -3.52. The van der Waals surface area contributed by atoms with E-state index >= 15 is 0 Å². The van der Waals surface area contributed by atoms with E-state index in [1.54, 1.807) is 6.92 Å². The van der Waals surface area contributed by atoms with Gasteiger partial charge in [0.15, 0.2) is 0 Å². The lowest BCUT2D eigenvalue weighted by Crippen LogP contribution is -2.41. The predicted octanol–water partition coefficient (Wildman–Crippen LogP) is 3.05. The average molecular weight is 310 g/mol. The van der Waals surface area contributed by atoms with Crippen LogP contribution in [0.5, 0.6) is 0 Å². The van der Waals surface area contributed by atoms with Crippen LogP contribution in [0.3, 0.4) is 0 Å². The minimum absolute atomic E-state index is 0.0325. The summed E-state index contributed by atoms with van der Waals surface area (Å²) in [6, 6.07) is 1.88. The molecule has 3 N–H and O–H groups in total. The third-order valence-corrected chi connectivity index (χ3v) is 6.43. The van der Waals surface area contributed by atoms with Gasteiger partial charge in [0.25, 0.3) is 0 Å². The van der Waals surface area contributed by atoms with Gasteiger partial charge in [-0.25, -0.2) is 13.1 Å². The van der Waals surface area contributed by atoms with Crippen molar-refractivity contribution in [2.45, 2.75) is 64.3 Å². The number of rotatable bonds is 3. The van der Waals surface area contributed by atoms with Gasteiger partial charge >= 0.3 is 0 Å². The molecule has 1 aliphatic rings. The molecular formula is C16H26N2O2S. The molecule has 1 aromatic rings. The van der Waals surface area contributed by atoms with Gasteiger partial charge in [0.2, 0.25) is 10.0 Å². The summed E-state index contributed by atoms with van der Waals surface area (Å²) in [5, 5.41) is 0. The van der Waals surface area contributed by atoms with Crippen LogP contribution in [0.2, 0.25) is 0 Å². The molecule has 0 aromatic heterocycles. The molecule has 1 aromatic carbocycles. The van der Waals surface area contributed by atoms with Gasteiger partial charge in [0, 0.05) is 11.7 Å². The van der Waals surface area contributed by atoms with E-state index in [-0.39, 0.29) is 6.04 Å². The van der Waals surface area contributed by atoms with Gasteiger partial charge in [0.05, 0.1) is 4.90 Å². The fraction of sp³-hybridized carbons (Fsp3) is 0.625. The minimum Gasteiger partial charge on any atom is -0.398 e. The molecule has 2 rings (SSSR count). The Kier molecular flexibility index (Phi) is 4.63. The number of nitrogens with one attached hydrogen (secondary N) is 1. The first-order valence-electron chi connectivity index (χ1n) is 7.62. The van der Waals surface area contributed by atoms with Gasteiger partial charge in [-0.3, -0.25) is 0 Å². The van der Waals surface area contributed by atoms with Crippen molar-refractivity contribution < 1.29 is 8.42 Å². The van der Waals surface area contributed by atoms with Crippen molar-refractivity contribution in [3.63, 3.8) is 0 Å². The van der Waals surface area contributed by atoms with E-state index in [4.69, 9.17) is 5.73 Å². The monoisotopic (exact) mass is 310 g/mol. The first kappa shape index (κ1) is 16.3. The standard InChI is InChI=1S/C16H26N2O2S/c1-10-7-5-6-8-14(10)18-21(19,20)16-12(3)9-11(2)15(17)13(16)4/h9-10,14,18H,5-8,17H2,1-4H3. The molecule has 0 radical (unpaired) electrons. The van der Waals surface area contributed by atoms with E-state index in [2.05, 4.69) is 11.6 Å². The van der Waals surface area contributed by atoms with Crippen LogP contribution >= 0.6 is 0 Å². The molecule has 1 saturated carbocycles. The van der Waals surface area contributed by atoms with E-state index in [1.165, 1.54) is 6.42 Å². The van der Waals surface area contributed by atoms with Gasteiger partial charge in [0.1, 0.15) is 0 Å². The summed E-state index contributed by atoms with van der Waals surface area (Å²) in [4.78, 5) is 0.350. The number of benzene rings is 1. The summed E-state index contributed by atoms with van der Waals surface area (Å²) < 4.78 is 28.5. The van der Waals surface area contributed by atoms with E-state index < -0.39 is 10.0 Å². The highest BCUT2D eigenvalue weighted by Gasteiger charge is 2.29. The molecule has 0 aliphatic heterocycles. The van der Waals surface area contributed by atoms with Crippen molar-refractivity contribution in [1.29, 1.82) is 0 Å². The molecule has 21 heavy (non-hydrogen) atoms. The van der Waals surface area contributed by atoms with Gasteiger partial charge in [-0.2, -0.15) is 0 Å². The highest BCUT2D eigenvalue weighted by atomic mass is 32.2. The van der Waals surface area contributed by atoms with Crippen molar-refractivity contribution in [2.24, 2.45) is 5.92 Å². The Bertz CT molecular complexity index is 638. The number of nitrogens with two attached hydrogens (primary N) is 1. The summed E-state index contributed by atoms with van der Waals surface area (Å²) in [6.45, 7) is 7.64. The molecule has 0 amide bonds. The number of aryl methyl sites for hydroxylation is 2. The van der Waals surface area contributed by atoms with Crippen molar-refractivity contribution in [3.05, 3.63) is 22.8 Å². The zero-order valence-corrected chi connectivity index (χ0v) is 14.2. The number of sulfonamides is 1. The summed E-state index contributed by atoms with van der Waals surface area (Å²) >= 11 is 0. The Hall–Kier alpha value is -1.07. The third-order valence-electron chi connectivity index (χ3n) is 4.65. The van der Waals surface area contributed by atoms with Gasteiger partial charge in [-0.15, -0.1) is 0 Å². The lowest BCUT2D eigenvalue weighted by atomic mass is 9.87. The Balaban J connectivity index is 2.38. The van der Waals surface area contributed by atoms with Crippen LogP contribution in [0.4, 0.5) is 5.69 Å². The molecule has 2 atom stereocenters. The molecule has 0 saturated heterocycles. The van der Waals surface area contributed by atoms with Crippen LogP contribution in [0.15, 0.2) is 11.0 Å². The highest BCUT2D eigenvalue weighted by molar-refractivity contribution is 7.89. The van der Waals surface area contributed by atoms with E-state index in [0.29, 0.717) is 22.1 Å². The van der Waals surface area contributed by atoms with Crippen LogP contribution in [-0.4, -0.2) is 14.5 Å². The third kappa shape index (κ3) is 3.24. The maximum absolute atomic E-state index is 12.8. The Morgan fingerprint density at radius 3 is 2.38 bits per heavy atom. The number of nitrogen functional groups attached to an aromatic ring is 1. The number of hydrogen-bond donors (Lipinski definition) is 2. The van der Waals surface area contributed by atoms with Crippen molar-refractivity contribution in [1.82, 2.24) is 4.72 Å². The first-order chi connectivity index (χ1) is 9.74.